The molecule has 1 aromatic heterocycles. The molecular formula is C15H19N3O. The largest absolute Gasteiger partial charge is 0.487 e. The van der Waals surface area contributed by atoms with Crippen molar-refractivity contribution in [1.82, 2.24) is 4.98 Å². The normalized spacial score (nSPS) is 10.2. The number of hydrogen-bond donors (Lipinski definition) is 2. The maximum atomic E-state index is 5.72. The highest BCUT2D eigenvalue weighted by atomic mass is 16.5. The molecule has 1 aromatic carbocycles. The van der Waals surface area contributed by atoms with Crippen LogP contribution in [0.4, 0.5) is 5.82 Å². The summed E-state index contributed by atoms with van der Waals surface area (Å²) in [6, 6.07) is 12.1. The van der Waals surface area contributed by atoms with E-state index >= 15 is 0 Å². The highest BCUT2D eigenvalue weighted by molar-refractivity contribution is 5.46. The van der Waals surface area contributed by atoms with Crippen LogP contribution in [0.2, 0.25) is 0 Å². The Morgan fingerprint density at radius 3 is 2.74 bits per heavy atom. The predicted molar refractivity (Wildman–Crippen MR) is 77.3 cm³/mol. The molecule has 0 aliphatic heterocycles. The molecule has 0 bridgehead atoms. The van der Waals surface area contributed by atoms with Crippen molar-refractivity contribution in [3.8, 4) is 5.75 Å². The van der Waals surface area contributed by atoms with Crippen molar-refractivity contribution in [2.24, 2.45) is 5.73 Å². The number of benzene rings is 1. The third-order valence-corrected chi connectivity index (χ3v) is 2.74. The Hall–Kier alpha value is -2.07. The van der Waals surface area contributed by atoms with E-state index in [1.807, 2.05) is 43.3 Å². The molecule has 0 spiro atoms. The van der Waals surface area contributed by atoms with Gasteiger partial charge in [-0.2, -0.15) is 0 Å². The molecule has 0 amide bonds. The monoisotopic (exact) mass is 257 g/mol. The van der Waals surface area contributed by atoms with Crippen molar-refractivity contribution >= 4 is 5.82 Å². The average Bonchev–Trinajstić information content (AvgIpc) is 2.45. The summed E-state index contributed by atoms with van der Waals surface area (Å²) < 4.78 is 5.72. The maximum Gasteiger partial charge on any atom is 0.138 e. The standard InChI is InChI=1S/C15H19N3O/c1-12-9-14(10-18-15(12)17-8-7-16)19-11-13-5-3-2-4-6-13/h2-6,9-10H,7-8,11,16H2,1H3,(H,17,18). The first-order valence-corrected chi connectivity index (χ1v) is 6.37. The van der Waals surface area contributed by atoms with Crippen molar-refractivity contribution in [2.45, 2.75) is 13.5 Å². The van der Waals surface area contributed by atoms with E-state index in [2.05, 4.69) is 10.3 Å². The number of pyridine rings is 1. The smallest absolute Gasteiger partial charge is 0.138 e. The van der Waals surface area contributed by atoms with Gasteiger partial charge in [-0.15, -0.1) is 0 Å². The lowest BCUT2D eigenvalue weighted by Gasteiger charge is -2.10. The van der Waals surface area contributed by atoms with Gasteiger partial charge in [0, 0.05) is 13.1 Å². The molecule has 0 aliphatic rings. The Bertz CT molecular complexity index is 514. The molecule has 0 fully saturated rings. The first kappa shape index (κ1) is 13.4. The van der Waals surface area contributed by atoms with E-state index in [0.717, 1.165) is 29.2 Å². The molecule has 0 aliphatic carbocycles. The molecule has 0 unspecified atom stereocenters. The van der Waals surface area contributed by atoms with Gasteiger partial charge in [0.15, 0.2) is 0 Å². The number of aromatic nitrogens is 1. The summed E-state index contributed by atoms with van der Waals surface area (Å²) in [5.41, 5.74) is 7.65. The van der Waals surface area contributed by atoms with Crippen molar-refractivity contribution in [3.05, 3.63) is 53.7 Å². The fraction of sp³-hybridized carbons (Fsp3) is 0.267. The quantitative estimate of drug-likeness (QED) is 0.834. The Morgan fingerprint density at radius 1 is 1.26 bits per heavy atom. The Kier molecular flexibility index (Phi) is 4.75. The zero-order chi connectivity index (χ0) is 13.5. The number of aryl methyl sites for hydroxylation is 1. The minimum absolute atomic E-state index is 0.553. The second kappa shape index (κ2) is 6.75. The lowest BCUT2D eigenvalue weighted by atomic mass is 10.2. The van der Waals surface area contributed by atoms with E-state index in [1.165, 1.54) is 0 Å². The Balaban J connectivity index is 1.96. The number of anilines is 1. The van der Waals surface area contributed by atoms with Crippen LogP contribution < -0.4 is 15.8 Å². The molecule has 100 valence electrons. The average molecular weight is 257 g/mol. The molecule has 0 saturated carbocycles. The molecule has 3 N–H and O–H groups in total. The predicted octanol–water partition coefficient (Wildman–Crippen LogP) is 2.34. The minimum Gasteiger partial charge on any atom is -0.487 e. The molecular weight excluding hydrogens is 238 g/mol. The molecule has 4 heteroatoms. The summed E-state index contributed by atoms with van der Waals surface area (Å²) in [7, 11) is 0. The fourth-order valence-corrected chi connectivity index (χ4v) is 1.74. The summed E-state index contributed by atoms with van der Waals surface area (Å²) in [5, 5.41) is 3.17. The highest BCUT2D eigenvalue weighted by Crippen LogP contribution is 2.18. The van der Waals surface area contributed by atoms with Crippen molar-refractivity contribution in [3.63, 3.8) is 0 Å². The number of nitrogens with two attached hydrogens (primary N) is 1. The third kappa shape index (κ3) is 3.96. The lowest BCUT2D eigenvalue weighted by Crippen LogP contribution is -2.14. The second-order valence-electron chi connectivity index (χ2n) is 4.33. The SMILES string of the molecule is Cc1cc(OCc2ccccc2)cnc1NCCN. The van der Waals surface area contributed by atoms with Gasteiger partial charge in [0.2, 0.25) is 0 Å². The zero-order valence-electron chi connectivity index (χ0n) is 11.1. The van der Waals surface area contributed by atoms with Gasteiger partial charge in [0.05, 0.1) is 6.20 Å². The minimum atomic E-state index is 0.553. The van der Waals surface area contributed by atoms with Gasteiger partial charge >= 0.3 is 0 Å². The molecule has 0 radical (unpaired) electrons. The van der Waals surface area contributed by atoms with E-state index < -0.39 is 0 Å². The summed E-state index contributed by atoms with van der Waals surface area (Å²) >= 11 is 0. The first-order chi connectivity index (χ1) is 9.29. The molecule has 0 saturated heterocycles. The molecule has 19 heavy (non-hydrogen) atoms. The van der Waals surface area contributed by atoms with Crippen LogP contribution in [0.25, 0.3) is 0 Å². The third-order valence-electron chi connectivity index (χ3n) is 2.74. The number of nitrogens with one attached hydrogen (secondary N) is 1. The number of ether oxygens (including phenoxy) is 1. The van der Waals surface area contributed by atoms with Crippen LogP contribution in [-0.2, 0) is 6.61 Å². The summed E-state index contributed by atoms with van der Waals surface area (Å²) in [6.45, 7) is 3.87. The van der Waals surface area contributed by atoms with Crippen LogP contribution in [-0.4, -0.2) is 18.1 Å². The highest BCUT2D eigenvalue weighted by Gasteiger charge is 2.02. The van der Waals surface area contributed by atoms with Crippen LogP contribution in [0.3, 0.4) is 0 Å². The van der Waals surface area contributed by atoms with Crippen LogP contribution in [0.5, 0.6) is 5.75 Å². The van der Waals surface area contributed by atoms with Crippen LogP contribution in [0.15, 0.2) is 42.6 Å². The van der Waals surface area contributed by atoms with E-state index in [9.17, 15) is 0 Å². The van der Waals surface area contributed by atoms with Crippen molar-refractivity contribution < 1.29 is 4.74 Å². The number of nitrogens with zero attached hydrogens (tertiary/aromatic N) is 1. The zero-order valence-corrected chi connectivity index (χ0v) is 11.1. The van der Waals surface area contributed by atoms with Crippen LogP contribution in [0.1, 0.15) is 11.1 Å². The second-order valence-corrected chi connectivity index (χ2v) is 4.33. The van der Waals surface area contributed by atoms with E-state index in [1.54, 1.807) is 6.20 Å². The van der Waals surface area contributed by atoms with Gasteiger partial charge in [0.25, 0.3) is 0 Å². The van der Waals surface area contributed by atoms with Gasteiger partial charge in [-0.25, -0.2) is 4.98 Å². The number of hydrogen-bond acceptors (Lipinski definition) is 4. The van der Waals surface area contributed by atoms with E-state index in [4.69, 9.17) is 10.5 Å². The van der Waals surface area contributed by atoms with Crippen LogP contribution >= 0.6 is 0 Å². The van der Waals surface area contributed by atoms with Gasteiger partial charge in [-0.3, -0.25) is 0 Å². The summed E-state index contributed by atoms with van der Waals surface area (Å²) in [5.74, 6) is 1.64. The topological polar surface area (TPSA) is 60.2 Å². The van der Waals surface area contributed by atoms with Gasteiger partial charge in [0.1, 0.15) is 18.2 Å². The first-order valence-electron chi connectivity index (χ1n) is 6.37. The van der Waals surface area contributed by atoms with E-state index in [0.29, 0.717) is 13.2 Å². The van der Waals surface area contributed by atoms with Gasteiger partial charge < -0.3 is 15.8 Å². The molecule has 4 nitrogen and oxygen atoms in total. The van der Waals surface area contributed by atoms with Gasteiger partial charge in [-0.05, 0) is 24.1 Å². The lowest BCUT2D eigenvalue weighted by molar-refractivity contribution is 0.305. The van der Waals surface area contributed by atoms with Crippen LogP contribution in [0, 0.1) is 6.92 Å². The summed E-state index contributed by atoms with van der Waals surface area (Å²) in [6.07, 6.45) is 1.73. The Labute approximate surface area is 113 Å². The number of rotatable bonds is 6. The van der Waals surface area contributed by atoms with Crippen molar-refractivity contribution in [1.29, 1.82) is 0 Å². The van der Waals surface area contributed by atoms with E-state index in [-0.39, 0.29) is 0 Å². The summed E-state index contributed by atoms with van der Waals surface area (Å²) in [4.78, 5) is 4.34. The fourth-order valence-electron chi connectivity index (χ4n) is 1.74. The molecule has 1 heterocycles. The maximum absolute atomic E-state index is 5.72. The molecule has 0 atom stereocenters. The Morgan fingerprint density at radius 2 is 2.05 bits per heavy atom. The molecule has 2 rings (SSSR count). The molecule has 2 aromatic rings. The van der Waals surface area contributed by atoms with Crippen molar-refractivity contribution in [2.75, 3.05) is 18.4 Å². The van der Waals surface area contributed by atoms with Gasteiger partial charge in [-0.1, -0.05) is 30.3 Å².